The minimum atomic E-state index is -0.381. The number of aromatic nitrogens is 2. The Morgan fingerprint density at radius 2 is 1.91 bits per heavy atom. The van der Waals surface area contributed by atoms with E-state index in [1.165, 1.54) is 12.0 Å². The molecule has 0 unspecified atom stereocenters. The van der Waals surface area contributed by atoms with Crippen LogP contribution in [0.5, 0.6) is 0 Å². The van der Waals surface area contributed by atoms with Gasteiger partial charge < -0.3 is 15.0 Å². The largest absolute Gasteiger partial charge is 0.465 e. The zero-order valence-electron chi connectivity index (χ0n) is 19.3. The number of fused-ring (bicyclic) bond motifs is 3. The summed E-state index contributed by atoms with van der Waals surface area (Å²) in [6, 6.07) is 15.0. The second-order valence-corrected chi connectivity index (χ2v) is 9.68. The number of thiophene rings is 1. The molecule has 35 heavy (non-hydrogen) atoms. The highest BCUT2D eigenvalue weighted by molar-refractivity contribution is 7.18. The summed E-state index contributed by atoms with van der Waals surface area (Å²) >= 11 is 1.60. The molecule has 2 aromatic heterocycles. The molecule has 0 saturated heterocycles. The average Bonchev–Trinajstić information content (AvgIpc) is 3.47. The van der Waals surface area contributed by atoms with Crippen molar-refractivity contribution in [1.82, 2.24) is 15.3 Å². The predicted octanol–water partition coefficient (Wildman–Crippen LogP) is 4.18. The van der Waals surface area contributed by atoms with Crippen LogP contribution in [-0.2, 0) is 35.3 Å². The first kappa shape index (κ1) is 23.0. The van der Waals surface area contributed by atoms with Gasteiger partial charge in [0, 0.05) is 24.3 Å². The topological polar surface area (TPSA) is 101 Å². The van der Waals surface area contributed by atoms with Gasteiger partial charge in [0.1, 0.15) is 10.7 Å². The van der Waals surface area contributed by atoms with Crippen LogP contribution in [0, 0.1) is 0 Å². The molecule has 2 N–H and O–H groups in total. The maximum atomic E-state index is 12.6. The van der Waals surface area contributed by atoms with Crippen molar-refractivity contribution in [3.8, 4) is 11.1 Å². The fraction of sp³-hybridized carbons (Fsp3) is 0.259. The van der Waals surface area contributed by atoms with Crippen LogP contribution in [0.25, 0.3) is 21.3 Å². The number of H-pyrrole nitrogens is 1. The van der Waals surface area contributed by atoms with E-state index in [9.17, 15) is 14.4 Å². The number of aryl methyl sites for hydroxylation is 3. The maximum absolute atomic E-state index is 12.6. The predicted molar refractivity (Wildman–Crippen MR) is 136 cm³/mol. The molecule has 7 nitrogen and oxygen atoms in total. The van der Waals surface area contributed by atoms with Crippen molar-refractivity contribution in [2.45, 2.75) is 38.6 Å². The number of carbonyl (C=O) groups excluding carboxylic acids is 2. The summed E-state index contributed by atoms with van der Waals surface area (Å²) in [6.45, 7) is 0.379. The molecule has 2 aromatic carbocycles. The Morgan fingerprint density at radius 3 is 2.74 bits per heavy atom. The SMILES string of the molecule is COC(=O)c1cccc(-c2cccc(CNC(=O)CCc3nc4sc5c(c4c(=O)[nH]3)CCC5)c2)c1. The molecule has 1 aliphatic rings. The van der Waals surface area contributed by atoms with Crippen LogP contribution in [0.1, 0.15) is 45.0 Å². The van der Waals surface area contributed by atoms with E-state index in [-0.39, 0.29) is 23.9 Å². The quantitative estimate of drug-likeness (QED) is 0.381. The second kappa shape index (κ2) is 9.84. The number of esters is 1. The van der Waals surface area contributed by atoms with Gasteiger partial charge in [-0.15, -0.1) is 11.3 Å². The number of hydrogen-bond donors (Lipinski definition) is 2. The lowest BCUT2D eigenvalue weighted by molar-refractivity contribution is -0.121. The third kappa shape index (κ3) is 4.88. The summed E-state index contributed by atoms with van der Waals surface area (Å²) in [7, 11) is 1.36. The fourth-order valence-corrected chi connectivity index (χ4v) is 5.77. The second-order valence-electron chi connectivity index (χ2n) is 8.60. The van der Waals surface area contributed by atoms with E-state index in [1.54, 1.807) is 23.5 Å². The lowest BCUT2D eigenvalue weighted by Crippen LogP contribution is -2.23. The maximum Gasteiger partial charge on any atom is 0.337 e. The lowest BCUT2D eigenvalue weighted by atomic mass is 10.0. The summed E-state index contributed by atoms with van der Waals surface area (Å²) in [5, 5.41) is 3.67. The van der Waals surface area contributed by atoms with E-state index in [0.29, 0.717) is 24.4 Å². The molecular weight excluding hydrogens is 462 g/mol. The molecule has 8 heteroatoms. The number of carbonyl (C=O) groups is 2. The van der Waals surface area contributed by atoms with Crippen molar-refractivity contribution < 1.29 is 14.3 Å². The highest BCUT2D eigenvalue weighted by Gasteiger charge is 2.21. The highest BCUT2D eigenvalue weighted by atomic mass is 32.1. The van der Waals surface area contributed by atoms with E-state index >= 15 is 0 Å². The normalized spacial score (nSPS) is 12.5. The average molecular weight is 488 g/mol. The lowest BCUT2D eigenvalue weighted by Gasteiger charge is -2.09. The number of nitrogens with one attached hydrogen (secondary N) is 2. The number of benzene rings is 2. The molecule has 1 aliphatic carbocycles. The van der Waals surface area contributed by atoms with Gasteiger partial charge >= 0.3 is 5.97 Å². The minimum absolute atomic E-state index is 0.0992. The summed E-state index contributed by atoms with van der Waals surface area (Å²) < 4.78 is 4.80. The van der Waals surface area contributed by atoms with Crippen LogP contribution in [0.15, 0.2) is 53.3 Å². The third-order valence-electron chi connectivity index (χ3n) is 6.25. The van der Waals surface area contributed by atoms with Crippen LogP contribution in [0.4, 0.5) is 0 Å². The molecule has 178 valence electrons. The molecule has 1 amide bonds. The smallest absolute Gasteiger partial charge is 0.337 e. The molecule has 0 saturated carbocycles. The van der Waals surface area contributed by atoms with Gasteiger partial charge in [-0.25, -0.2) is 9.78 Å². The number of ether oxygens (including phenoxy) is 1. The monoisotopic (exact) mass is 487 g/mol. The van der Waals surface area contributed by atoms with E-state index in [2.05, 4.69) is 15.3 Å². The summed E-state index contributed by atoms with van der Waals surface area (Å²) in [4.78, 5) is 46.4. The number of hydrogen-bond acceptors (Lipinski definition) is 6. The Kier molecular flexibility index (Phi) is 6.46. The molecule has 0 spiro atoms. The van der Waals surface area contributed by atoms with Gasteiger partial charge in [-0.1, -0.05) is 30.3 Å². The molecule has 5 rings (SSSR count). The van der Waals surface area contributed by atoms with E-state index in [0.717, 1.165) is 51.7 Å². The molecule has 4 aromatic rings. The fourth-order valence-electron chi connectivity index (χ4n) is 4.49. The summed E-state index contributed by atoms with van der Waals surface area (Å²) in [5.74, 6) is 0.0537. The molecule has 0 radical (unpaired) electrons. The third-order valence-corrected chi connectivity index (χ3v) is 7.43. The van der Waals surface area contributed by atoms with Gasteiger partial charge in [0.25, 0.3) is 5.56 Å². The number of aromatic amines is 1. The Hall–Kier alpha value is -3.78. The Morgan fingerprint density at radius 1 is 1.11 bits per heavy atom. The van der Waals surface area contributed by atoms with Crippen LogP contribution >= 0.6 is 11.3 Å². The number of amides is 1. The Balaban J connectivity index is 1.21. The van der Waals surface area contributed by atoms with E-state index in [4.69, 9.17) is 4.74 Å². The summed E-state index contributed by atoms with van der Waals surface area (Å²) in [6.07, 6.45) is 3.67. The molecular formula is C27H25N3O4S. The van der Waals surface area contributed by atoms with Crippen molar-refractivity contribution in [2.75, 3.05) is 7.11 Å². The first-order valence-electron chi connectivity index (χ1n) is 11.6. The molecule has 2 heterocycles. The Bertz CT molecular complexity index is 1490. The minimum Gasteiger partial charge on any atom is -0.465 e. The van der Waals surface area contributed by atoms with Gasteiger partial charge in [-0.2, -0.15) is 0 Å². The number of nitrogens with zero attached hydrogens (tertiary/aromatic N) is 1. The zero-order chi connectivity index (χ0) is 24.4. The van der Waals surface area contributed by atoms with Crippen LogP contribution < -0.4 is 10.9 Å². The highest BCUT2D eigenvalue weighted by Crippen LogP contribution is 2.34. The molecule has 0 aliphatic heterocycles. The van der Waals surface area contributed by atoms with Crippen molar-refractivity contribution in [1.29, 1.82) is 0 Å². The van der Waals surface area contributed by atoms with Crippen LogP contribution in [-0.4, -0.2) is 29.0 Å². The first-order valence-corrected chi connectivity index (χ1v) is 12.4. The van der Waals surface area contributed by atoms with Gasteiger partial charge in [0.15, 0.2) is 0 Å². The molecule has 0 atom stereocenters. The van der Waals surface area contributed by atoms with Crippen molar-refractivity contribution in [3.05, 3.63) is 86.3 Å². The van der Waals surface area contributed by atoms with Gasteiger partial charge in [-0.3, -0.25) is 9.59 Å². The van der Waals surface area contributed by atoms with Gasteiger partial charge in [0.2, 0.25) is 5.91 Å². The zero-order valence-corrected chi connectivity index (χ0v) is 20.2. The first-order chi connectivity index (χ1) is 17.0. The van der Waals surface area contributed by atoms with Crippen LogP contribution in [0.2, 0.25) is 0 Å². The number of rotatable bonds is 7. The van der Waals surface area contributed by atoms with Gasteiger partial charge in [-0.05, 0) is 59.7 Å². The van der Waals surface area contributed by atoms with E-state index in [1.807, 2.05) is 36.4 Å². The van der Waals surface area contributed by atoms with Crippen LogP contribution in [0.3, 0.4) is 0 Å². The molecule has 0 bridgehead atoms. The van der Waals surface area contributed by atoms with Gasteiger partial charge in [0.05, 0.1) is 18.1 Å². The van der Waals surface area contributed by atoms with Crippen molar-refractivity contribution in [2.24, 2.45) is 0 Å². The molecule has 0 fully saturated rings. The number of methoxy groups -OCH3 is 1. The van der Waals surface area contributed by atoms with Crippen molar-refractivity contribution >= 4 is 33.4 Å². The van der Waals surface area contributed by atoms with Crippen molar-refractivity contribution in [3.63, 3.8) is 0 Å². The van der Waals surface area contributed by atoms with E-state index < -0.39 is 0 Å². The standard InChI is InChI=1S/C27H25N3O4S/c1-34-27(33)19-8-3-7-18(14-19)17-6-2-5-16(13-17)15-28-23(31)12-11-22-29-25(32)24-20-9-4-10-21(20)35-26(24)30-22/h2-3,5-8,13-14H,4,9-12,15H2,1H3,(H,28,31)(H,29,30,32). The Labute approximate surface area is 206 Å². The summed E-state index contributed by atoms with van der Waals surface area (Å²) in [5.41, 5.74) is 4.33.